The standard InChI is InChI=1S/C10H15NO/c1-7(2)10(12)9-4-5-11-8(3)6-9/h4-7,10,12H,1-3H3. The lowest BCUT2D eigenvalue weighted by Gasteiger charge is -2.14. The summed E-state index contributed by atoms with van der Waals surface area (Å²) in [5, 5.41) is 9.69. The summed E-state index contributed by atoms with van der Waals surface area (Å²) in [4.78, 5) is 4.07. The van der Waals surface area contributed by atoms with E-state index in [1.54, 1.807) is 6.20 Å². The van der Waals surface area contributed by atoms with E-state index in [1.807, 2.05) is 32.9 Å². The maximum absolute atomic E-state index is 9.69. The molecule has 0 spiro atoms. The number of hydrogen-bond donors (Lipinski definition) is 1. The lowest BCUT2D eigenvalue weighted by Crippen LogP contribution is -2.05. The van der Waals surface area contributed by atoms with Gasteiger partial charge in [0.25, 0.3) is 0 Å². The number of pyridine rings is 1. The SMILES string of the molecule is Cc1cc(C(O)C(C)C)ccn1. The van der Waals surface area contributed by atoms with E-state index >= 15 is 0 Å². The van der Waals surface area contributed by atoms with Gasteiger partial charge in [-0.05, 0) is 30.5 Å². The Kier molecular flexibility index (Phi) is 2.82. The molecule has 0 saturated heterocycles. The summed E-state index contributed by atoms with van der Waals surface area (Å²) >= 11 is 0. The van der Waals surface area contributed by atoms with Gasteiger partial charge in [0, 0.05) is 11.9 Å². The minimum atomic E-state index is -0.369. The summed E-state index contributed by atoms with van der Waals surface area (Å²) in [5.41, 5.74) is 1.91. The molecule has 1 aromatic heterocycles. The highest BCUT2D eigenvalue weighted by molar-refractivity contribution is 5.18. The summed E-state index contributed by atoms with van der Waals surface area (Å²) in [7, 11) is 0. The number of nitrogens with zero attached hydrogens (tertiary/aromatic N) is 1. The average molecular weight is 165 g/mol. The van der Waals surface area contributed by atoms with E-state index in [0.717, 1.165) is 11.3 Å². The summed E-state index contributed by atoms with van der Waals surface area (Å²) in [5.74, 6) is 0.256. The largest absolute Gasteiger partial charge is 0.388 e. The Labute approximate surface area is 73.3 Å². The summed E-state index contributed by atoms with van der Waals surface area (Å²) < 4.78 is 0. The van der Waals surface area contributed by atoms with Gasteiger partial charge < -0.3 is 5.11 Å². The van der Waals surface area contributed by atoms with Crippen LogP contribution >= 0.6 is 0 Å². The number of aliphatic hydroxyl groups excluding tert-OH is 1. The van der Waals surface area contributed by atoms with Crippen molar-refractivity contribution in [3.63, 3.8) is 0 Å². The van der Waals surface area contributed by atoms with Crippen LogP contribution in [0, 0.1) is 12.8 Å². The Bertz CT molecular complexity index is 258. The highest BCUT2D eigenvalue weighted by Gasteiger charge is 2.11. The molecular formula is C10H15NO. The summed E-state index contributed by atoms with van der Waals surface area (Å²) in [6, 6.07) is 3.78. The van der Waals surface area contributed by atoms with Gasteiger partial charge in [-0.3, -0.25) is 4.98 Å². The van der Waals surface area contributed by atoms with E-state index in [4.69, 9.17) is 0 Å². The van der Waals surface area contributed by atoms with Crippen LogP contribution in [0.5, 0.6) is 0 Å². The fourth-order valence-corrected chi connectivity index (χ4v) is 1.14. The van der Waals surface area contributed by atoms with Crippen LogP contribution in [0.4, 0.5) is 0 Å². The molecular weight excluding hydrogens is 150 g/mol. The molecule has 0 aromatic carbocycles. The molecule has 0 saturated carbocycles. The predicted molar refractivity (Wildman–Crippen MR) is 48.8 cm³/mol. The molecule has 2 heteroatoms. The molecule has 0 amide bonds. The molecule has 66 valence electrons. The maximum Gasteiger partial charge on any atom is 0.0814 e. The molecule has 0 fully saturated rings. The predicted octanol–water partition coefficient (Wildman–Crippen LogP) is 2.08. The number of aromatic nitrogens is 1. The van der Waals surface area contributed by atoms with Gasteiger partial charge in [-0.25, -0.2) is 0 Å². The monoisotopic (exact) mass is 165 g/mol. The molecule has 0 bridgehead atoms. The van der Waals surface area contributed by atoms with Crippen LogP contribution in [-0.4, -0.2) is 10.1 Å². The molecule has 1 aromatic rings. The summed E-state index contributed by atoms with van der Waals surface area (Å²) in [6.45, 7) is 5.93. The second-order valence-electron chi connectivity index (χ2n) is 3.42. The molecule has 0 aliphatic rings. The van der Waals surface area contributed by atoms with E-state index in [1.165, 1.54) is 0 Å². The van der Waals surface area contributed by atoms with E-state index in [0.29, 0.717) is 0 Å². The third kappa shape index (κ3) is 2.05. The average Bonchev–Trinajstić information content (AvgIpc) is 2.03. The van der Waals surface area contributed by atoms with Gasteiger partial charge in [0.1, 0.15) is 0 Å². The maximum atomic E-state index is 9.69. The third-order valence-corrected chi connectivity index (χ3v) is 1.89. The van der Waals surface area contributed by atoms with Gasteiger partial charge in [-0.2, -0.15) is 0 Å². The zero-order valence-electron chi connectivity index (χ0n) is 7.78. The molecule has 12 heavy (non-hydrogen) atoms. The van der Waals surface area contributed by atoms with Crippen molar-refractivity contribution in [2.45, 2.75) is 26.9 Å². The highest BCUT2D eigenvalue weighted by Crippen LogP contribution is 2.20. The van der Waals surface area contributed by atoms with Crippen molar-refractivity contribution in [2.75, 3.05) is 0 Å². The quantitative estimate of drug-likeness (QED) is 0.727. The first kappa shape index (κ1) is 9.20. The van der Waals surface area contributed by atoms with Crippen molar-refractivity contribution < 1.29 is 5.11 Å². The van der Waals surface area contributed by atoms with Crippen molar-refractivity contribution in [2.24, 2.45) is 5.92 Å². The molecule has 0 radical (unpaired) electrons. The van der Waals surface area contributed by atoms with Crippen molar-refractivity contribution in [3.8, 4) is 0 Å². The lowest BCUT2D eigenvalue weighted by molar-refractivity contribution is 0.127. The zero-order chi connectivity index (χ0) is 9.14. The van der Waals surface area contributed by atoms with E-state index in [-0.39, 0.29) is 12.0 Å². The lowest BCUT2D eigenvalue weighted by atomic mass is 10.00. The second-order valence-corrected chi connectivity index (χ2v) is 3.42. The van der Waals surface area contributed by atoms with Gasteiger partial charge in [0.05, 0.1) is 6.10 Å². The molecule has 0 aliphatic carbocycles. The molecule has 1 heterocycles. The Balaban J connectivity index is 2.88. The van der Waals surface area contributed by atoms with Crippen molar-refractivity contribution in [3.05, 3.63) is 29.6 Å². The molecule has 0 aliphatic heterocycles. The Hall–Kier alpha value is -0.890. The summed E-state index contributed by atoms with van der Waals surface area (Å²) in [6.07, 6.45) is 1.36. The molecule has 1 atom stereocenters. The fourth-order valence-electron chi connectivity index (χ4n) is 1.14. The van der Waals surface area contributed by atoms with Gasteiger partial charge in [-0.15, -0.1) is 0 Å². The van der Waals surface area contributed by atoms with Crippen LogP contribution < -0.4 is 0 Å². The van der Waals surface area contributed by atoms with Gasteiger partial charge in [0.2, 0.25) is 0 Å². The molecule has 1 unspecified atom stereocenters. The Morgan fingerprint density at radius 1 is 1.42 bits per heavy atom. The van der Waals surface area contributed by atoms with Gasteiger partial charge in [-0.1, -0.05) is 13.8 Å². The Morgan fingerprint density at radius 3 is 2.58 bits per heavy atom. The van der Waals surface area contributed by atoms with Gasteiger partial charge >= 0.3 is 0 Å². The van der Waals surface area contributed by atoms with Crippen LogP contribution in [0.3, 0.4) is 0 Å². The van der Waals surface area contributed by atoms with Crippen LogP contribution in [0.15, 0.2) is 18.3 Å². The van der Waals surface area contributed by atoms with E-state index in [2.05, 4.69) is 4.98 Å². The molecule has 2 nitrogen and oxygen atoms in total. The first-order chi connectivity index (χ1) is 5.61. The minimum absolute atomic E-state index is 0.256. The van der Waals surface area contributed by atoms with Gasteiger partial charge in [0.15, 0.2) is 0 Å². The Morgan fingerprint density at radius 2 is 2.08 bits per heavy atom. The van der Waals surface area contributed by atoms with Crippen LogP contribution in [0.2, 0.25) is 0 Å². The van der Waals surface area contributed by atoms with Crippen LogP contribution in [0.25, 0.3) is 0 Å². The number of aliphatic hydroxyl groups is 1. The van der Waals surface area contributed by atoms with E-state index in [9.17, 15) is 5.11 Å². The zero-order valence-corrected chi connectivity index (χ0v) is 7.78. The first-order valence-corrected chi connectivity index (χ1v) is 4.22. The van der Waals surface area contributed by atoms with Crippen molar-refractivity contribution >= 4 is 0 Å². The van der Waals surface area contributed by atoms with Crippen molar-refractivity contribution in [1.82, 2.24) is 4.98 Å². The number of aryl methyl sites for hydroxylation is 1. The number of hydrogen-bond acceptors (Lipinski definition) is 2. The molecule has 1 rings (SSSR count). The fraction of sp³-hybridized carbons (Fsp3) is 0.500. The topological polar surface area (TPSA) is 33.1 Å². The minimum Gasteiger partial charge on any atom is -0.388 e. The smallest absolute Gasteiger partial charge is 0.0814 e. The van der Waals surface area contributed by atoms with E-state index < -0.39 is 0 Å². The first-order valence-electron chi connectivity index (χ1n) is 4.22. The second kappa shape index (κ2) is 3.68. The molecule has 1 N–H and O–H groups in total. The van der Waals surface area contributed by atoms with Crippen LogP contribution in [-0.2, 0) is 0 Å². The third-order valence-electron chi connectivity index (χ3n) is 1.89. The normalized spacial score (nSPS) is 13.4. The van der Waals surface area contributed by atoms with Crippen molar-refractivity contribution in [1.29, 1.82) is 0 Å². The highest BCUT2D eigenvalue weighted by atomic mass is 16.3. The number of rotatable bonds is 2. The van der Waals surface area contributed by atoms with Crippen LogP contribution in [0.1, 0.15) is 31.2 Å².